The Balaban J connectivity index is 1.47. The summed E-state index contributed by atoms with van der Waals surface area (Å²) in [6.07, 6.45) is 2.01. The summed E-state index contributed by atoms with van der Waals surface area (Å²) in [4.78, 5) is 14.2. The molecule has 30 heavy (non-hydrogen) atoms. The SMILES string of the molecule is CN(C)CCNC(=O)c1ccc(-c2ccc(OCCCc3ccccc3)cc2)cc1. The molecule has 1 amide bonds. The summed E-state index contributed by atoms with van der Waals surface area (Å²) in [6.45, 7) is 2.16. The number of rotatable bonds is 10. The Bertz CT molecular complexity index is 904. The molecule has 0 aliphatic rings. The van der Waals surface area contributed by atoms with Crippen LogP contribution < -0.4 is 10.1 Å². The number of nitrogens with zero attached hydrogens (tertiary/aromatic N) is 1. The standard InChI is InChI=1S/C26H30N2O2/c1-28(2)19-18-27-26(29)24-12-10-22(11-13-24)23-14-16-25(17-15-23)30-20-6-9-21-7-4-3-5-8-21/h3-5,7-8,10-17H,6,9,18-20H2,1-2H3,(H,27,29). The summed E-state index contributed by atoms with van der Waals surface area (Å²) < 4.78 is 5.87. The van der Waals surface area contributed by atoms with Crippen molar-refractivity contribution in [3.05, 3.63) is 90.0 Å². The number of aryl methyl sites for hydroxylation is 1. The van der Waals surface area contributed by atoms with Gasteiger partial charge in [-0.05, 0) is 67.9 Å². The molecule has 0 aliphatic heterocycles. The van der Waals surface area contributed by atoms with Gasteiger partial charge in [0, 0.05) is 18.7 Å². The fraction of sp³-hybridized carbons (Fsp3) is 0.269. The van der Waals surface area contributed by atoms with Crippen LogP contribution in [0.25, 0.3) is 11.1 Å². The van der Waals surface area contributed by atoms with Gasteiger partial charge in [0.25, 0.3) is 5.91 Å². The van der Waals surface area contributed by atoms with Gasteiger partial charge < -0.3 is 15.0 Å². The first-order valence-corrected chi connectivity index (χ1v) is 10.4. The van der Waals surface area contributed by atoms with Crippen molar-refractivity contribution in [3.8, 4) is 16.9 Å². The summed E-state index contributed by atoms with van der Waals surface area (Å²) >= 11 is 0. The average Bonchev–Trinajstić information content (AvgIpc) is 2.78. The average molecular weight is 403 g/mol. The van der Waals surface area contributed by atoms with Crippen LogP contribution in [0.2, 0.25) is 0 Å². The fourth-order valence-electron chi connectivity index (χ4n) is 3.16. The highest BCUT2D eigenvalue weighted by Crippen LogP contribution is 2.23. The lowest BCUT2D eigenvalue weighted by atomic mass is 10.0. The van der Waals surface area contributed by atoms with Crippen molar-refractivity contribution in [1.82, 2.24) is 10.2 Å². The molecule has 0 saturated carbocycles. The minimum atomic E-state index is -0.0392. The van der Waals surface area contributed by atoms with Crippen molar-refractivity contribution in [1.29, 1.82) is 0 Å². The molecular weight excluding hydrogens is 372 g/mol. The number of hydrogen-bond acceptors (Lipinski definition) is 3. The minimum Gasteiger partial charge on any atom is -0.494 e. The Labute approximate surface area is 179 Å². The first-order chi connectivity index (χ1) is 14.6. The highest BCUT2D eigenvalue weighted by Gasteiger charge is 2.06. The molecule has 4 nitrogen and oxygen atoms in total. The van der Waals surface area contributed by atoms with Gasteiger partial charge in [0.2, 0.25) is 0 Å². The van der Waals surface area contributed by atoms with E-state index in [-0.39, 0.29) is 5.91 Å². The van der Waals surface area contributed by atoms with Crippen LogP contribution in [-0.4, -0.2) is 44.6 Å². The maximum atomic E-state index is 12.2. The Kier molecular flexibility index (Phi) is 8.04. The van der Waals surface area contributed by atoms with Crippen molar-refractivity contribution in [2.75, 3.05) is 33.8 Å². The molecule has 0 fully saturated rings. The van der Waals surface area contributed by atoms with E-state index in [1.54, 1.807) is 0 Å². The second kappa shape index (κ2) is 11.2. The number of nitrogens with one attached hydrogen (secondary N) is 1. The van der Waals surface area contributed by atoms with E-state index in [0.29, 0.717) is 18.7 Å². The van der Waals surface area contributed by atoms with Crippen LogP contribution in [0.3, 0.4) is 0 Å². The molecule has 0 aliphatic carbocycles. The number of ether oxygens (including phenoxy) is 1. The van der Waals surface area contributed by atoms with E-state index in [1.807, 2.05) is 61.5 Å². The number of amides is 1. The van der Waals surface area contributed by atoms with Crippen molar-refractivity contribution in [2.45, 2.75) is 12.8 Å². The summed E-state index contributed by atoms with van der Waals surface area (Å²) in [6, 6.07) is 26.3. The van der Waals surface area contributed by atoms with Crippen LogP contribution in [0.5, 0.6) is 5.75 Å². The first kappa shape index (κ1) is 21.6. The van der Waals surface area contributed by atoms with Crippen molar-refractivity contribution >= 4 is 5.91 Å². The van der Waals surface area contributed by atoms with Crippen molar-refractivity contribution in [2.24, 2.45) is 0 Å². The Morgan fingerprint density at radius 2 is 1.50 bits per heavy atom. The summed E-state index contributed by atoms with van der Waals surface area (Å²) in [5, 5.41) is 2.93. The van der Waals surface area contributed by atoms with E-state index in [1.165, 1.54) is 5.56 Å². The predicted molar refractivity (Wildman–Crippen MR) is 123 cm³/mol. The molecule has 0 saturated heterocycles. The fourth-order valence-corrected chi connectivity index (χ4v) is 3.16. The second-order valence-corrected chi connectivity index (χ2v) is 7.60. The number of benzene rings is 3. The van der Waals surface area contributed by atoms with Gasteiger partial charge in [-0.1, -0.05) is 54.6 Å². The lowest BCUT2D eigenvalue weighted by molar-refractivity contribution is 0.0951. The quantitative estimate of drug-likeness (QED) is 0.502. The number of hydrogen-bond donors (Lipinski definition) is 1. The third kappa shape index (κ3) is 6.75. The lowest BCUT2D eigenvalue weighted by Crippen LogP contribution is -2.31. The normalized spacial score (nSPS) is 10.8. The monoisotopic (exact) mass is 402 g/mol. The molecule has 0 heterocycles. The van der Waals surface area contributed by atoms with E-state index in [0.717, 1.165) is 36.3 Å². The van der Waals surface area contributed by atoms with Crippen LogP contribution in [-0.2, 0) is 6.42 Å². The van der Waals surface area contributed by atoms with E-state index in [4.69, 9.17) is 4.74 Å². The number of carbonyl (C=O) groups excluding carboxylic acids is 1. The summed E-state index contributed by atoms with van der Waals surface area (Å²) in [7, 11) is 3.98. The van der Waals surface area contributed by atoms with Gasteiger partial charge >= 0.3 is 0 Å². The third-order valence-electron chi connectivity index (χ3n) is 4.90. The number of carbonyl (C=O) groups is 1. The second-order valence-electron chi connectivity index (χ2n) is 7.60. The van der Waals surface area contributed by atoms with Crippen LogP contribution in [0, 0.1) is 0 Å². The molecule has 0 atom stereocenters. The molecule has 0 unspecified atom stereocenters. The predicted octanol–water partition coefficient (Wildman–Crippen LogP) is 4.66. The molecule has 1 N–H and O–H groups in total. The zero-order valence-electron chi connectivity index (χ0n) is 17.8. The summed E-state index contributed by atoms with van der Waals surface area (Å²) in [5.41, 5.74) is 4.20. The van der Waals surface area contributed by atoms with Crippen LogP contribution in [0.1, 0.15) is 22.3 Å². The smallest absolute Gasteiger partial charge is 0.251 e. The molecule has 0 radical (unpaired) electrons. The lowest BCUT2D eigenvalue weighted by Gasteiger charge is -2.11. The Morgan fingerprint density at radius 3 is 2.13 bits per heavy atom. The van der Waals surface area contributed by atoms with Gasteiger partial charge in [0.1, 0.15) is 5.75 Å². The molecule has 156 valence electrons. The van der Waals surface area contributed by atoms with E-state index >= 15 is 0 Å². The molecule has 4 heteroatoms. The molecule has 3 aromatic rings. The van der Waals surface area contributed by atoms with Gasteiger partial charge in [0.05, 0.1) is 6.61 Å². The highest BCUT2D eigenvalue weighted by atomic mass is 16.5. The van der Waals surface area contributed by atoms with Gasteiger partial charge in [-0.15, -0.1) is 0 Å². The Hall–Kier alpha value is -3.11. The maximum absolute atomic E-state index is 12.2. The molecule has 3 rings (SSSR count). The summed E-state index contributed by atoms with van der Waals surface area (Å²) in [5.74, 6) is 0.839. The minimum absolute atomic E-state index is 0.0392. The molecular formula is C26H30N2O2. The highest BCUT2D eigenvalue weighted by molar-refractivity contribution is 5.94. The van der Waals surface area contributed by atoms with E-state index < -0.39 is 0 Å². The van der Waals surface area contributed by atoms with Gasteiger partial charge in [-0.3, -0.25) is 4.79 Å². The first-order valence-electron chi connectivity index (χ1n) is 10.4. The zero-order chi connectivity index (χ0) is 21.2. The largest absolute Gasteiger partial charge is 0.494 e. The molecule has 3 aromatic carbocycles. The van der Waals surface area contributed by atoms with Crippen LogP contribution in [0.15, 0.2) is 78.9 Å². The Morgan fingerprint density at radius 1 is 0.867 bits per heavy atom. The van der Waals surface area contributed by atoms with Gasteiger partial charge in [-0.2, -0.15) is 0 Å². The maximum Gasteiger partial charge on any atom is 0.251 e. The number of likely N-dealkylation sites (N-methyl/N-ethyl adjacent to an activating group) is 1. The van der Waals surface area contributed by atoms with E-state index in [2.05, 4.69) is 41.7 Å². The topological polar surface area (TPSA) is 41.6 Å². The molecule has 0 bridgehead atoms. The van der Waals surface area contributed by atoms with Gasteiger partial charge in [0.15, 0.2) is 0 Å². The van der Waals surface area contributed by atoms with Crippen LogP contribution in [0.4, 0.5) is 0 Å². The van der Waals surface area contributed by atoms with E-state index in [9.17, 15) is 4.79 Å². The van der Waals surface area contributed by atoms with Crippen LogP contribution >= 0.6 is 0 Å². The zero-order valence-corrected chi connectivity index (χ0v) is 17.8. The molecule has 0 spiro atoms. The van der Waals surface area contributed by atoms with Crippen molar-refractivity contribution in [3.63, 3.8) is 0 Å². The van der Waals surface area contributed by atoms with Crippen molar-refractivity contribution < 1.29 is 9.53 Å². The third-order valence-corrected chi connectivity index (χ3v) is 4.90. The van der Waals surface area contributed by atoms with Gasteiger partial charge in [-0.25, -0.2) is 0 Å². The molecule has 0 aromatic heterocycles.